The first-order valence-corrected chi connectivity index (χ1v) is 7.19. The molecular weight excluding hydrogens is 276 g/mol. The Morgan fingerprint density at radius 1 is 1.45 bits per heavy atom. The molecule has 0 fully saturated rings. The summed E-state index contributed by atoms with van der Waals surface area (Å²) in [5.41, 5.74) is 0.164. The molecule has 0 unspecified atom stereocenters. The summed E-state index contributed by atoms with van der Waals surface area (Å²) in [7, 11) is 0. The molecule has 1 heterocycles. The summed E-state index contributed by atoms with van der Waals surface area (Å²) in [6.45, 7) is 8.83. The van der Waals surface area contributed by atoms with E-state index < -0.39 is 17.6 Å². The smallest absolute Gasteiger partial charge is 0.328 e. The van der Waals surface area contributed by atoms with E-state index in [0.717, 1.165) is 10.7 Å². The second-order valence-corrected chi connectivity index (χ2v) is 6.45. The molecule has 0 aliphatic rings. The highest BCUT2D eigenvalue weighted by Crippen LogP contribution is 2.10. The van der Waals surface area contributed by atoms with Gasteiger partial charge in [0.2, 0.25) is 5.91 Å². The Morgan fingerprint density at radius 3 is 2.60 bits per heavy atom. The van der Waals surface area contributed by atoms with Crippen LogP contribution in [0, 0.1) is 6.92 Å². The molecule has 1 rings (SSSR count). The summed E-state index contributed by atoms with van der Waals surface area (Å²) < 4.78 is 5.18. The van der Waals surface area contributed by atoms with Crippen molar-refractivity contribution in [2.24, 2.45) is 0 Å². The molecule has 6 heteroatoms. The number of aromatic nitrogens is 1. The first-order valence-electron chi connectivity index (χ1n) is 6.31. The zero-order valence-electron chi connectivity index (χ0n) is 12.4. The van der Waals surface area contributed by atoms with E-state index in [9.17, 15) is 9.59 Å². The van der Waals surface area contributed by atoms with Gasteiger partial charge in [-0.1, -0.05) is 0 Å². The molecule has 5 nitrogen and oxygen atoms in total. The van der Waals surface area contributed by atoms with Crippen molar-refractivity contribution in [2.75, 3.05) is 0 Å². The summed E-state index contributed by atoms with van der Waals surface area (Å²) >= 11 is 1.51. The molecule has 0 saturated heterocycles. The van der Waals surface area contributed by atoms with Gasteiger partial charge in [-0.25, -0.2) is 9.78 Å². The highest BCUT2D eigenvalue weighted by Gasteiger charge is 2.22. The summed E-state index contributed by atoms with van der Waals surface area (Å²) in [6, 6.07) is -0.691. The normalized spacial score (nSPS) is 13.2. The maximum atomic E-state index is 11.7. The van der Waals surface area contributed by atoms with Crippen LogP contribution in [-0.2, 0) is 14.3 Å². The second-order valence-electron chi connectivity index (χ2n) is 5.39. The molecule has 1 aromatic heterocycles. The summed E-state index contributed by atoms with van der Waals surface area (Å²) in [6.07, 6.45) is 2.97. The lowest BCUT2D eigenvalue weighted by Gasteiger charge is -2.22. The lowest BCUT2D eigenvalue weighted by molar-refractivity contribution is -0.157. The Bertz CT molecular complexity index is 515. The van der Waals surface area contributed by atoms with Crippen LogP contribution in [0.2, 0.25) is 0 Å². The first kappa shape index (κ1) is 16.4. The quantitative estimate of drug-likeness (QED) is 0.684. The van der Waals surface area contributed by atoms with E-state index in [1.54, 1.807) is 33.8 Å². The number of ether oxygens (including phenoxy) is 1. The molecule has 0 aliphatic carbocycles. The number of rotatable bonds is 4. The molecule has 1 N–H and O–H groups in total. The Hall–Kier alpha value is -1.69. The van der Waals surface area contributed by atoms with Crippen LogP contribution < -0.4 is 5.32 Å². The molecule has 110 valence electrons. The summed E-state index contributed by atoms with van der Waals surface area (Å²) in [4.78, 5) is 27.6. The van der Waals surface area contributed by atoms with Crippen molar-refractivity contribution in [3.8, 4) is 0 Å². The summed E-state index contributed by atoms with van der Waals surface area (Å²) in [5, 5.41) is 5.35. The first-order chi connectivity index (χ1) is 9.17. The van der Waals surface area contributed by atoms with Gasteiger partial charge in [-0.3, -0.25) is 4.79 Å². The largest absolute Gasteiger partial charge is 0.458 e. The molecule has 20 heavy (non-hydrogen) atoms. The van der Waals surface area contributed by atoms with E-state index in [0.29, 0.717) is 0 Å². The molecule has 0 spiro atoms. The van der Waals surface area contributed by atoms with Crippen molar-refractivity contribution >= 4 is 29.3 Å². The van der Waals surface area contributed by atoms with E-state index in [-0.39, 0.29) is 5.91 Å². The SMILES string of the molecule is Cc1nc(/C=C/C(=O)N[C@H](C)C(=O)OC(C)(C)C)cs1. The lowest BCUT2D eigenvalue weighted by Crippen LogP contribution is -2.41. The van der Waals surface area contributed by atoms with Crippen molar-refractivity contribution in [3.05, 3.63) is 22.2 Å². The van der Waals surface area contributed by atoms with E-state index in [4.69, 9.17) is 4.74 Å². The van der Waals surface area contributed by atoms with Crippen LogP contribution in [-0.4, -0.2) is 28.5 Å². The van der Waals surface area contributed by atoms with Crippen LogP contribution in [0.1, 0.15) is 38.4 Å². The molecular formula is C14H20N2O3S. The number of amides is 1. The second kappa shape index (κ2) is 6.65. The number of thiazole rings is 1. The fourth-order valence-corrected chi connectivity index (χ4v) is 1.91. The minimum Gasteiger partial charge on any atom is -0.458 e. The van der Waals surface area contributed by atoms with Crippen molar-refractivity contribution < 1.29 is 14.3 Å². The zero-order valence-corrected chi connectivity index (χ0v) is 13.2. The molecule has 1 amide bonds. The number of esters is 1. The van der Waals surface area contributed by atoms with Crippen LogP contribution in [0.15, 0.2) is 11.5 Å². The van der Waals surface area contributed by atoms with Gasteiger partial charge in [-0.05, 0) is 40.7 Å². The molecule has 0 aromatic carbocycles. The predicted octanol–water partition coefficient (Wildman–Crippen LogP) is 2.31. The van der Waals surface area contributed by atoms with Crippen molar-refractivity contribution in [2.45, 2.75) is 46.3 Å². The molecule has 0 bridgehead atoms. The van der Waals surface area contributed by atoms with Gasteiger partial charge < -0.3 is 10.1 Å². The molecule has 1 aromatic rings. The third-order valence-electron chi connectivity index (χ3n) is 2.16. The molecule has 0 radical (unpaired) electrons. The Morgan fingerprint density at radius 2 is 2.10 bits per heavy atom. The van der Waals surface area contributed by atoms with Gasteiger partial charge in [0, 0.05) is 11.5 Å². The number of carbonyl (C=O) groups excluding carboxylic acids is 2. The predicted molar refractivity (Wildman–Crippen MR) is 79.3 cm³/mol. The fourth-order valence-electron chi connectivity index (χ4n) is 1.33. The monoisotopic (exact) mass is 296 g/mol. The molecule has 1 atom stereocenters. The Labute approximate surface area is 123 Å². The van der Waals surface area contributed by atoms with Crippen LogP contribution >= 0.6 is 11.3 Å². The number of nitrogens with zero attached hydrogens (tertiary/aromatic N) is 1. The van der Waals surface area contributed by atoms with Crippen molar-refractivity contribution in [3.63, 3.8) is 0 Å². The van der Waals surface area contributed by atoms with Gasteiger partial charge in [-0.2, -0.15) is 0 Å². The number of hydrogen-bond acceptors (Lipinski definition) is 5. The minimum atomic E-state index is -0.691. The number of nitrogens with one attached hydrogen (secondary N) is 1. The van der Waals surface area contributed by atoms with Gasteiger partial charge in [0.1, 0.15) is 11.6 Å². The van der Waals surface area contributed by atoms with Crippen LogP contribution in [0.4, 0.5) is 0 Å². The van der Waals surface area contributed by atoms with Gasteiger partial charge in [0.25, 0.3) is 0 Å². The number of aryl methyl sites for hydroxylation is 1. The van der Waals surface area contributed by atoms with Crippen LogP contribution in [0.25, 0.3) is 6.08 Å². The van der Waals surface area contributed by atoms with E-state index >= 15 is 0 Å². The average molecular weight is 296 g/mol. The standard InChI is InChI=1S/C14H20N2O3S/c1-9(13(18)19-14(3,4)5)15-12(17)7-6-11-8-20-10(2)16-11/h6-9H,1-5H3,(H,15,17)/b7-6+/t9-/m1/s1. The highest BCUT2D eigenvalue weighted by atomic mass is 32.1. The van der Waals surface area contributed by atoms with E-state index in [1.165, 1.54) is 17.4 Å². The third-order valence-corrected chi connectivity index (χ3v) is 2.95. The Balaban J connectivity index is 2.49. The number of hydrogen-bond donors (Lipinski definition) is 1. The lowest BCUT2D eigenvalue weighted by atomic mass is 10.2. The summed E-state index contributed by atoms with van der Waals surface area (Å²) in [5.74, 6) is -0.808. The third kappa shape index (κ3) is 5.97. The van der Waals surface area contributed by atoms with E-state index in [1.807, 2.05) is 12.3 Å². The van der Waals surface area contributed by atoms with Crippen LogP contribution in [0.5, 0.6) is 0 Å². The van der Waals surface area contributed by atoms with E-state index in [2.05, 4.69) is 10.3 Å². The van der Waals surface area contributed by atoms with Gasteiger partial charge in [0.05, 0.1) is 10.7 Å². The van der Waals surface area contributed by atoms with Gasteiger partial charge in [-0.15, -0.1) is 11.3 Å². The number of carbonyl (C=O) groups is 2. The Kier molecular flexibility index (Phi) is 5.44. The molecule has 0 aliphatic heterocycles. The maximum Gasteiger partial charge on any atom is 0.328 e. The van der Waals surface area contributed by atoms with Crippen molar-refractivity contribution in [1.29, 1.82) is 0 Å². The van der Waals surface area contributed by atoms with Gasteiger partial charge in [0.15, 0.2) is 0 Å². The zero-order chi connectivity index (χ0) is 15.3. The molecule has 0 saturated carbocycles. The van der Waals surface area contributed by atoms with Gasteiger partial charge >= 0.3 is 5.97 Å². The van der Waals surface area contributed by atoms with Crippen LogP contribution in [0.3, 0.4) is 0 Å². The fraction of sp³-hybridized carbons (Fsp3) is 0.500. The highest BCUT2D eigenvalue weighted by molar-refractivity contribution is 7.09. The maximum absolute atomic E-state index is 11.7. The average Bonchev–Trinajstić information content (AvgIpc) is 2.70. The topological polar surface area (TPSA) is 68.3 Å². The minimum absolute atomic E-state index is 0.353. The van der Waals surface area contributed by atoms with Crippen molar-refractivity contribution in [1.82, 2.24) is 10.3 Å².